The Balaban J connectivity index is 1.99. The van der Waals surface area contributed by atoms with Crippen LogP contribution < -0.4 is 5.73 Å². The number of allylic oxidation sites excluding steroid dienone is 2. The molecule has 0 heterocycles. The first-order valence-electron chi connectivity index (χ1n) is 7.02. The van der Waals surface area contributed by atoms with Gasteiger partial charge in [-0.05, 0) is 24.3 Å². The molecule has 0 aliphatic heterocycles. The van der Waals surface area contributed by atoms with E-state index in [2.05, 4.69) is 42.5 Å². The summed E-state index contributed by atoms with van der Waals surface area (Å²) in [5.41, 5.74) is 8.54. The van der Waals surface area contributed by atoms with E-state index in [4.69, 9.17) is 5.73 Å². The third kappa shape index (κ3) is 3.85. The van der Waals surface area contributed by atoms with Crippen LogP contribution >= 0.6 is 0 Å². The first-order valence-corrected chi connectivity index (χ1v) is 7.02. The van der Waals surface area contributed by atoms with E-state index in [0.717, 1.165) is 5.92 Å². The summed E-state index contributed by atoms with van der Waals surface area (Å²) >= 11 is 0. The molecule has 1 heteroatoms. The third-order valence-electron chi connectivity index (χ3n) is 3.76. The van der Waals surface area contributed by atoms with Crippen molar-refractivity contribution in [1.82, 2.24) is 0 Å². The standard InChI is InChI=1S/C17H23N/c18-14-17(16-11-5-2-6-12-16)13-7-10-15-8-3-1-4-9-15/h1,3-4,7-10,13,16H,2,5-6,11-12,14,18H2. The minimum Gasteiger partial charge on any atom is -0.327 e. The second-order valence-electron chi connectivity index (χ2n) is 5.05. The average Bonchev–Trinajstić information content (AvgIpc) is 2.46. The molecule has 0 spiro atoms. The number of rotatable bonds is 4. The van der Waals surface area contributed by atoms with E-state index in [-0.39, 0.29) is 0 Å². The Morgan fingerprint density at radius 1 is 1.11 bits per heavy atom. The van der Waals surface area contributed by atoms with Crippen molar-refractivity contribution in [3.8, 4) is 0 Å². The van der Waals surface area contributed by atoms with E-state index >= 15 is 0 Å². The summed E-state index contributed by atoms with van der Waals surface area (Å²) in [6.07, 6.45) is 13.3. The predicted molar refractivity (Wildman–Crippen MR) is 79.2 cm³/mol. The SMILES string of the molecule is NCC(=CC=Cc1ccccc1)C1CCCCC1. The Morgan fingerprint density at radius 2 is 1.83 bits per heavy atom. The van der Waals surface area contributed by atoms with Crippen molar-refractivity contribution in [3.05, 3.63) is 53.6 Å². The van der Waals surface area contributed by atoms with Gasteiger partial charge in [-0.2, -0.15) is 0 Å². The molecule has 1 aromatic rings. The van der Waals surface area contributed by atoms with Crippen molar-refractivity contribution in [2.75, 3.05) is 6.54 Å². The van der Waals surface area contributed by atoms with Gasteiger partial charge in [0.2, 0.25) is 0 Å². The molecule has 96 valence electrons. The summed E-state index contributed by atoms with van der Waals surface area (Å²) in [5.74, 6) is 0.726. The van der Waals surface area contributed by atoms with Gasteiger partial charge >= 0.3 is 0 Å². The van der Waals surface area contributed by atoms with Crippen LogP contribution in [0.2, 0.25) is 0 Å². The molecule has 1 aliphatic rings. The molecular weight excluding hydrogens is 218 g/mol. The van der Waals surface area contributed by atoms with Crippen LogP contribution in [0.3, 0.4) is 0 Å². The van der Waals surface area contributed by atoms with E-state index in [1.807, 2.05) is 6.07 Å². The summed E-state index contributed by atoms with van der Waals surface area (Å²) in [7, 11) is 0. The second kappa shape index (κ2) is 7.17. The van der Waals surface area contributed by atoms with Crippen molar-refractivity contribution in [2.24, 2.45) is 11.7 Å². The van der Waals surface area contributed by atoms with Gasteiger partial charge in [0.25, 0.3) is 0 Å². The number of hydrogen-bond donors (Lipinski definition) is 1. The van der Waals surface area contributed by atoms with Gasteiger partial charge in [0.05, 0.1) is 0 Å². The summed E-state index contributed by atoms with van der Waals surface area (Å²) in [6.45, 7) is 0.698. The smallest absolute Gasteiger partial charge is 0.0142 e. The number of nitrogens with two attached hydrogens (primary N) is 1. The lowest BCUT2D eigenvalue weighted by atomic mass is 9.83. The van der Waals surface area contributed by atoms with Crippen LogP contribution in [0.1, 0.15) is 37.7 Å². The highest BCUT2D eigenvalue weighted by atomic mass is 14.5. The molecule has 0 atom stereocenters. The Kier molecular flexibility index (Phi) is 5.22. The second-order valence-corrected chi connectivity index (χ2v) is 5.05. The van der Waals surface area contributed by atoms with Gasteiger partial charge in [0, 0.05) is 6.54 Å². The molecule has 0 saturated heterocycles. The molecule has 0 radical (unpaired) electrons. The molecule has 1 nitrogen and oxygen atoms in total. The molecule has 18 heavy (non-hydrogen) atoms. The zero-order chi connectivity index (χ0) is 12.6. The van der Waals surface area contributed by atoms with Crippen LogP contribution in [0.15, 0.2) is 48.1 Å². The van der Waals surface area contributed by atoms with Crippen molar-refractivity contribution in [1.29, 1.82) is 0 Å². The molecule has 1 aliphatic carbocycles. The normalized spacial score (nSPS) is 18.4. The summed E-state index contributed by atoms with van der Waals surface area (Å²) in [5, 5.41) is 0. The van der Waals surface area contributed by atoms with Crippen LogP contribution in [0.25, 0.3) is 6.08 Å². The Morgan fingerprint density at radius 3 is 2.50 bits per heavy atom. The lowest BCUT2D eigenvalue weighted by Crippen LogP contribution is -2.15. The minimum atomic E-state index is 0.698. The van der Waals surface area contributed by atoms with E-state index in [0.29, 0.717) is 6.54 Å². The van der Waals surface area contributed by atoms with Gasteiger partial charge in [-0.25, -0.2) is 0 Å². The molecule has 1 fully saturated rings. The molecule has 2 N–H and O–H groups in total. The molecule has 1 saturated carbocycles. The number of hydrogen-bond acceptors (Lipinski definition) is 1. The van der Waals surface area contributed by atoms with Crippen LogP contribution in [-0.4, -0.2) is 6.54 Å². The number of benzene rings is 1. The average molecular weight is 241 g/mol. The highest BCUT2D eigenvalue weighted by Crippen LogP contribution is 2.29. The van der Waals surface area contributed by atoms with Gasteiger partial charge in [0.15, 0.2) is 0 Å². The lowest BCUT2D eigenvalue weighted by molar-refractivity contribution is 0.400. The molecule has 0 unspecified atom stereocenters. The van der Waals surface area contributed by atoms with Gasteiger partial charge in [-0.3, -0.25) is 0 Å². The fourth-order valence-corrected chi connectivity index (χ4v) is 2.69. The molecule has 2 rings (SSSR count). The fourth-order valence-electron chi connectivity index (χ4n) is 2.69. The van der Waals surface area contributed by atoms with Crippen LogP contribution in [0.5, 0.6) is 0 Å². The van der Waals surface area contributed by atoms with Crippen molar-refractivity contribution in [3.63, 3.8) is 0 Å². The van der Waals surface area contributed by atoms with Crippen molar-refractivity contribution < 1.29 is 0 Å². The first kappa shape index (κ1) is 13.1. The van der Waals surface area contributed by atoms with E-state index < -0.39 is 0 Å². The topological polar surface area (TPSA) is 26.0 Å². The van der Waals surface area contributed by atoms with Gasteiger partial charge in [0.1, 0.15) is 0 Å². The predicted octanol–water partition coefficient (Wildman–Crippen LogP) is 4.17. The van der Waals surface area contributed by atoms with Crippen LogP contribution in [0, 0.1) is 5.92 Å². The molecule has 0 bridgehead atoms. The Bertz CT molecular complexity index is 397. The molecule has 1 aromatic carbocycles. The van der Waals surface area contributed by atoms with Crippen LogP contribution in [0.4, 0.5) is 0 Å². The third-order valence-corrected chi connectivity index (χ3v) is 3.76. The zero-order valence-corrected chi connectivity index (χ0v) is 11.0. The quantitative estimate of drug-likeness (QED) is 0.787. The molecular formula is C17H23N. The maximum atomic E-state index is 5.88. The van der Waals surface area contributed by atoms with E-state index in [9.17, 15) is 0 Å². The summed E-state index contributed by atoms with van der Waals surface area (Å²) in [4.78, 5) is 0. The van der Waals surface area contributed by atoms with Crippen molar-refractivity contribution in [2.45, 2.75) is 32.1 Å². The van der Waals surface area contributed by atoms with Gasteiger partial charge < -0.3 is 5.73 Å². The Hall–Kier alpha value is -1.34. The molecule has 0 aromatic heterocycles. The first-order chi connectivity index (χ1) is 8.90. The largest absolute Gasteiger partial charge is 0.327 e. The van der Waals surface area contributed by atoms with Gasteiger partial charge in [-0.1, -0.05) is 73.4 Å². The van der Waals surface area contributed by atoms with Gasteiger partial charge in [-0.15, -0.1) is 0 Å². The Labute approximate surface area is 110 Å². The monoisotopic (exact) mass is 241 g/mol. The van der Waals surface area contributed by atoms with E-state index in [1.165, 1.54) is 43.2 Å². The van der Waals surface area contributed by atoms with Crippen molar-refractivity contribution >= 4 is 6.08 Å². The maximum Gasteiger partial charge on any atom is 0.0142 e. The van der Waals surface area contributed by atoms with E-state index in [1.54, 1.807) is 0 Å². The lowest BCUT2D eigenvalue weighted by Gasteiger charge is -2.23. The zero-order valence-electron chi connectivity index (χ0n) is 11.0. The molecule has 0 amide bonds. The summed E-state index contributed by atoms with van der Waals surface area (Å²) < 4.78 is 0. The minimum absolute atomic E-state index is 0.698. The van der Waals surface area contributed by atoms with Crippen LogP contribution in [-0.2, 0) is 0 Å². The maximum absolute atomic E-state index is 5.88. The summed E-state index contributed by atoms with van der Waals surface area (Å²) in [6, 6.07) is 10.4. The highest BCUT2D eigenvalue weighted by molar-refractivity contribution is 5.51. The fraction of sp³-hybridized carbons (Fsp3) is 0.412. The highest BCUT2D eigenvalue weighted by Gasteiger charge is 2.15.